The molecule has 1 fully saturated rings. The minimum absolute atomic E-state index is 0.0327. The molecule has 1 saturated heterocycles. The Morgan fingerprint density at radius 3 is 2.75 bits per heavy atom. The summed E-state index contributed by atoms with van der Waals surface area (Å²) in [6.45, 7) is 0.457. The summed E-state index contributed by atoms with van der Waals surface area (Å²) in [7, 11) is -1.11. The van der Waals surface area contributed by atoms with Gasteiger partial charge in [-0.3, -0.25) is 15.0 Å². The minimum Gasteiger partial charge on any atom is -0.298 e. The molecule has 0 spiro atoms. The standard InChI is InChI=1S/C12H15ClN2O4S/c1-14(10-4-5-20(18,19)8-10)7-9-2-3-11(13)12(6-9)15(16)17/h2-3,6,10H,4-5,7-8H2,1H3. The Labute approximate surface area is 122 Å². The maximum atomic E-state index is 11.5. The Kier molecular flexibility index (Phi) is 4.31. The fraction of sp³-hybridized carbons (Fsp3) is 0.500. The third kappa shape index (κ3) is 3.47. The third-order valence-corrected chi connectivity index (χ3v) is 5.54. The van der Waals surface area contributed by atoms with Crippen molar-refractivity contribution in [2.45, 2.75) is 19.0 Å². The van der Waals surface area contributed by atoms with Gasteiger partial charge < -0.3 is 0 Å². The molecule has 1 atom stereocenters. The SMILES string of the molecule is CN(Cc1ccc(Cl)c([N+](=O)[O-])c1)C1CCS(=O)(=O)C1. The second-order valence-corrected chi connectivity index (χ2v) is 7.65. The van der Waals surface area contributed by atoms with Crippen LogP contribution < -0.4 is 0 Å². The van der Waals surface area contributed by atoms with Gasteiger partial charge in [-0.2, -0.15) is 0 Å². The highest BCUT2D eigenvalue weighted by atomic mass is 35.5. The molecule has 6 nitrogen and oxygen atoms in total. The van der Waals surface area contributed by atoms with E-state index in [4.69, 9.17) is 11.6 Å². The van der Waals surface area contributed by atoms with Crippen LogP contribution in [0.25, 0.3) is 0 Å². The zero-order valence-electron chi connectivity index (χ0n) is 11.0. The highest BCUT2D eigenvalue weighted by molar-refractivity contribution is 7.91. The van der Waals surface area contributed by atoms with Crippen LogP contribution in [-0.2, 0) is 16.4 Å². The quantitative estimate of drug-likeness (QED) is 0.625. The summed E-state index contributed by atoms with van der Waals surface area (Å²) in [5.74, 6) is 0.363. The van der Waals surface area contributed by atoms with Crippen LogP contribution in [0.4, 0.5) is 5.69 Å². The van der Waals surface area contributed by atoms with Crippen molar-refractivity contribution in [3.63, 3.8) is 0 Å². The van der Waals surface area contributed by atoms with Crippen molar-refractivity contribution >= 4 is 27.1 Å². The first-order valence-corrected chi connectivity index (χ1v) is 8.32. The van der Waals surface area contributed by atoms with Crippen LogP contribution >= 0.6 is 11.6 Å². The molecule has 1 aliphatic heterocycles. The second-order valence-electron chi connectivity index (χ2n) is 5.01. The van der Waals surface area contributed by atoms with Gasteiger partial charge in [0.15, 0.2) is 9.84 Å². The zero-order chi connectivity index (χ0) is 14.9. The van der Waals surface area contributed by atoms with Gasteiger partial charge in [-0.25, -0.2) is 8.42 Å². The van der Waals surface area contributed by atoms with E-state index in [1.165, 1.54) is 12.1 Å². The third-order valence-electron chi connectivity index (χ3n) is 3.47. The largest absolute Gasteiger partial charge is 0.298 e. The molecule has 1 aliphatic rings. The van der Waals surface area contributed by atoms with E-state index < -0.39 is 14.8 Å². The number of nitro groups is 1. The average molecular weight is 319 g/mol. The maximum absolute atomic E-state index is 11.5. The molecule has 0 saturated carbocycles. The summed E-state index contributed by atoms with van der Waals surface area (Å²) in [5.41, 5.74) is 0.615. The lowest BCUT2D eigenvalue weighted by atomic mass is 10.1. The summed E-state index contributed by atoms with van der Waals surface area (Å²) in [6.07, 6.45) is 0.606. The van der Waals surface area contributed by atoms with E-state index in [9.17, 15) is 18.5 Å². The highest BCUT2D eigenvalue weighted by Crippen LogP contribution is 2.26. The predicted octanol–water partition coefficient (Wildman–Crippen LogP) is 1.87. The highest BCUT2D eigenvalue weighted by Gasteiger charge is 2.30. The first-order valence-electron chi connectivity index (χ1n) is 6.12. The Morgan fingerprint density at radius 2 is 2.20 bits per heavy atom. The first-order chi connectivity index (χ1) is 9.28. The van der Waals surface area contributed by atoms with E-state index in [0.717, 1.165) is 5.56 Å². The molecule has 2 rings (SSSR count). The number of nitro benzene ring substituents is 1. The fourth-order valence-electron chi connectivity index (χ4n) is 2.34. The molecule has 1 aromatic carbocycles. The lowest BCUT2D eigenvalue weighted by Crippen LogP contribution is -2.32. The smallest absolute Gasteiger partial charge is 0.288 e. The molecule has 110 valence electrons. The van der Waals surface area contributed by atoms with Gasteiger partial charge in [0.05, 0.1) is 16.4 Å². The molecule has 0 radical (unpaired) electrons. The molecular formula is C12H15ClN2O4S. The van der Waals surface area contributed by atoms with Crippen LogP contribution in [0.5, 0.6) is 0 Å². The number of rotatable bonds is 4. The molecule has 0 amide bonds. The molecule has 0 bridgehead atoms. The van der Waals surface area contributed by atoms with Crippen molar-refractivity contribution in [1.82, 2.24) is 4.90 Å². The number of benzene rings is 1. The Hall–Kier alpha value is -1.18. The van der Waals surface area contributed by atoms with E-state index in [-0.39, 0.29) is 28.3 Å². The number of halogens is 1. The molecule has 8 heteroatoms. The second kappa shape index (κ2) is 5.67. The van der Waals surface area contributed by atoms with Gasteiger partial charge in [0.1, 0.15) is 5.02 Å². The summed E-state index contributed by atoms with van der Waals surface area (Å²) in [5, 5.41) is 10.9. The number of nitrogens with zero attached hydrogens (tertiary/aromatic N) is 2. The molecule has 20 heavy (non-hydrogen) atoms. The van der Waals surface area contributed by atoms with Gasteiger partial charge in [0.25, 0.3) is 5.69 Å². The molecule has 1 heterocycles. The maximum Gasteiger partial charge on any atom is 0.288 e. The minimum atomic E-state index is -2.93. The summed E-state index contributed by atoms with van der Waals surface area (Å²) in [6, 6.07) is 4.61. The monoisotopic (exact) mass is 318 g/mol. The van der Waals surface area contributed by atoms with Crippen LogP contribution in [0.15, 0.2) is 18.2 Å². The van der Waals surface area contributed by atoms with Gasteiger partial charge in [-0.1, -0.05) is 17.7 Å². The normalized spacial score (nSPS) is 21.2. The summed E-state index contributed by atoms with van der Waals surface area (Å²) in [4.78, 5) is 12.2. The lowest BCUT2D eigenvalue weighted by Gasteiger charge is -2.22. The topological polar surface area (TPSA) is 80.5 Å². The van der Waals surface area contributed by atoms with Gasteiger partial charge in [-0.15, -0.1) is 0 Å². The van der Waals surface area contributed by atoms with Crippen LogP contribution in [0.2, 0.25) is 5.02 Å². The predicted molar refractivity (Wildman–Crippen MR) is 76.6 cm³/mol. The van der Waals surface area contributed by atoms with E-state index >= 15 is 0 Å². The van der Waals surface area contributed by atoms with Gasteiger partial charge in [0.2, 0.25) is 0 Å². The van der Waals surface area contributed by atoms with Crippen molar-refractivity contribution in [2.24, 2.45) is 0 Å². The average Bonchev–Trinajstić information content (AvgIpc) is 2.72. The van der Waals surface area contributed by atoms with Crippen LogP contribution in [-0.4, -0.2) is 42.8 Å². The van der Waals surface area contributed by atoms with Crippen LogP contribution in [0.3, 0.4) is 0 Å². The Morgan fingerprint density at radius 1 is 1.50 bits per heavy atom. The Bertz CT molecular complexity index is 632. The van der Waals surface area contributed by atoms with Gasteiger partial charge in [0, 0.05) is 18.7 Å². The van der Waals surface area contributed by atoms with Crippen molar-refractivity contribution in [1.29, 1.82) is 0 Å². The molecular weight excluding hydrogens is 304 g/mol. The van der Waals surface area contributed by atoms with Crippen molar-refractivity contribution in [2.75, 3.05) is 18.6 Å². The molecule has 0 aromatic heterocycles. The van der Waals surface area contributed by atoms with E-state index in [1.54, 1.807) is 6.07 Å². The first kappa shape index (κ1) is 15.2. The summed E-state index contributed by atoms with van der Waals surface area (Å²) >= 11 is 5.76. The van der Waals surface area contributed by atoms with Gasteiger partial charge in [-0.05, 0) is 25.1 Å². The van der Waals surface area contributed by atoms with E-state index in [2.05, 4.69) is 0 Å². The number of hydrogen-bond donors (Lipinski definition) is 0. The molecule has 1 aromatic rings. The summed E-state index contributed by atoms with van der Waals surface area (Å²) < 4.78 is 22.9. The zero-order valence-corrected chi connectivity index (χ0v) is 12.5. The number of sulfone groups is 1. The Balaban J connectivity index is 2.10. The lowest BCUT2D eigenvalue weighted by molar-refractivity contribution is -0.384. The molecule has 0 N–H and O–H groups in total. The van der Waals surface area contributed by atoms with Crippen LogP contribution in [0.1, 0.15) is 12.0 Å². The van der Waals surface area contributed by atoms with E-state index in [1.807, 2.05) is 11.9 Å². The van der Waals surface area contributed by atoms with Gasteiger partial charge >= 0.3 is 0 Å². The number of hydrogen-bond acceptors (Lipinski definition) is 5. The van der Waals surface area contributed by atoms with E-state index in [0.29, 0.717) is 13.0 Å². The molecule has 1 unspecified atom stereocenters. The molecule has 0 aliphatic carbocycles. The van der Waals surface area contributed by atoms with Crippen molar-refractivity contribution in [3.05, 3.63) is 38.9 Å². The van der Waals surface area contributed by atoms with Crippen molar-refractivity contribution < 1.29 is 13.3 Å². The fourth-order valence-corrected chi connectivity index (χ4v) is 4.33. The van der Waals surface area contributed by atoms with Crippen LogP contribution in [0, 0.1) is 10.1 Å². The van der Waals surface area contributed by atoms with Crippen molar-refractivity contribution in [3.8, 4) is 0 Å².